The first-order valence-electron chi connectivity index (χ1n) is 7.38. The Balaban J connectivity index is 2.07. The van der Waals surface area contributed by atoms with Crippen molar-refractivity contribution < 1.29 is 29.9 Å². The molecule has 0 amide bonds. The maximum atomic E-state index is 11.5. The van der Waals surface area contributed by atoms with Crippen molar-refractivity contribution in [2.45, 2.75) is 63.0 Å². The molecule has 21 heavy (non-hydrogen) atoms. The van der Waals surface area contributed by atoms with Crippen molar-refractivity contribution in [3.8, 4) is 0 Å². The van der Waals surface area contributed by atoms with Crippen molar-refractivity contribution in [1.29, 1.82) is 0 Å². The van der Waals surface area contributed by atoms with Crippen molar-refractivity contribution in [3.63, 3.8) is 0 Å². The fourth-order valence-corrected chi connectivity index (χ4v) is 5.24. The molecule has 5 rings (SSSR count). The summed E-state index contributed by atoms with van der Waals surface area (Å²) >= 11 is 0. The predicted molar refractivity (Wildman–Crippen MR) is 70.9 cm³/mol. The maximum absolute atomic E-state index is 11.5. The number of hydrogen-bond acceptors (Lipinski definition) is 6. The van der Waals surface area contributed by atoms with E-state index in [4.69, 9.17) is 9.47 Å². The lowest BCUT2D eigenvalue weighted by molar-refractivity contribution is -0.440. The average molecular weight is 298 g/mol. The van der Waals surface area contributed by atoms with Crippen LogP contribution in [0.1, 0.15) is 33.6 Å². The molecule has 3 heterocycles. The van der Waals surface area contributed by atoms with Crippen molar-refractivity contribution in [2.75, 3.05) is 6.61 Å². The molecule has 5 aliphatic rings. The van der Waals surface area contributed by atoms with Crippen LogP contribution in [0.3, 0.4) is 0 Å². The van der Waals surface area contributed by atoms with E-state index in [1.807, 2.05) is 13.0 Å². The van der Waals surface area contributed by atoms with Gasteiger partial charge in [-0.25, -0.2) is 0 Å². The summed E-state index contributed by atoms with van der Waals surface area (Å²) in [7, 11) is 0. The van der Waals surface area contributed by atoms with Gasteiger partial charge in [-0.2, -0.15) is 0 Å². The minimum Gasteiger partial charge on any atom is -0.388 e. The van der Waals surface area contributed by atoms with Crippen molar-refractivity contribution >= 4 is 0 Å². The predicted octanol–water partition coefficient (Wildman–Crippen LogP) is -0.349. The van der Waals surface area contributed by atoms with E-state index in [1.165, 1.54) is 6.92 Å². The molecule has 4 N–H and O–H groups in total. The van der Waals surface area contributed by atoms with Gasteiger partial charge in [-0.3, -0.25) is 0 Å². The Morgan fingerprint density at radius 1 is 1.24 bits per heavy atom. The van der Waals surface area contributed by atoms with Crippen LogP contribution in [0, 0.1) is 10.8 Å². The average Bonchev–Trinajstić information content (AvgIpc) is 2.61. The molecular formula is C15H22O6. The van der Waals surface area contributed by atoms with Gasteiger partial charge in [0.1, 0.15) is 11.7 Å². The zero-order valence-electron chi connectivity index (χ0n) is 12.5. The van der Waals surface area contributed by atoms with Crippen LogP contribution < -0.4 is 0 Å². The van der Waals surface area contributed by atoms with Crippen LogP contribution in [0.5, 0.6) is 0 Å². The summed E-state index contributed by atoms with van der Waals surface area (Å²) in [5.74, 6) is -1.87. The van der Waals surface area contributed by atoms with Gasteiger partial charge in [0.25, 0.3) is 0 Å². The highest BCUT2D eigenvalue weighted by atomic mass is 16.8. The van der Waals surface area contributed by atoms with Gasteiger partial charge >= 0.3 is 0 Å². The molecule has 1 spiro atoms. The number of aliphatic hydroxyl groups is 4. The second kappa shape index (κ2) is 3.37. The number of rotatable bonds is 0. The molecule has 6 nitrogen and oxygen atoms in total. The maximum Gasteiger partial charge on any atom is 0.199 e. The second-order valence-electron chi connectivity index (χ2n) is 7.53. The Hall–Kier alpha value is -0.500. The summed E-state index contributed by atoms with van der Waals surface area (Å²) in [5.41, 5.74) is -4.51. The number of hydrogen-bond donors (Lipinski definition) is 4. The lowest BCUT2D eigenvalue weighted by atomic mass is 9.43. The van der Waals surface area contributed by atoms with E-state index in [2.05, 4.69) is 0 Å². The van der Waals surface area contributed by atoms with Gasteiger partial charge in [0.05, 0.1) is 23.0 Å². The molecule has 4 fully saturated rings. The van der Waals surface area contributed by atoms with Crippen LogP contribution in [0.2, 0.25) is 0 Å². The zero-order chi connectivity index (χ0) is 15.5. The summed E-state index contributed by atoms with van der Waals surface area (Å²) in [4.78, 5) is 0. The molecule has 3 saturated heterocycles. The van der Waals surface area contributed by atoms with Gasteiger partial charge < -0.3 is 29.9 Å². The number of fused-ring (bicyclic) bond motifs is 1. The van der Waals surface area contributed by atoms with E-state index >= 15 is 0 Å². The SMILES string of the molecule is CC1=CC[C@]2(O)[C@]3(C)CO[C@H]4O[C@](O)(C[C@@]12C4O)[C@]3(C)O. The number of aliphatic hydroxyl groups excluding tert-OH is 1. The topological polar surface area (TPSA) is 99.4 Å². The Labute approximate surface area is 123 Å². The molecule has 7 atom stereocenters. The molecule has 0 aromatic heterocycles. The first kappa shape index (κ1) is 14.1. The van der Waals surface area contributed by atoms with Crippen LogP contribution in [0.25, 0.3) is 0 Å². The molecule has 1 saturated carbocycles. The number of ether oxygens (including phenoxy) is 2. The molecule has 0 radical (unpaired) electrons. The molecule has 0 aromatic carbocycles. The smallest absolute Gasteiger partial charge is 0.199 e. The second-order valence-corrected chi connectivity index (χ2v) is 7.53. The highest BCUT2D eigenvalue weighted by Gasteiger charge is 2.84. The zero-order valence-corrected chi connectivity index (χ0v) is 12.5. The van der Waals surface area contributed by atoms with E-state index < -0.39 is 40.2 Å². The first-order chi connectivity index (χ1) is 9.56. The fraction of sp³-hybridized carbons (Fsp3) is 0.867. The fourth-order valence-electron chi connectivity index (χ4n) is 5.24. The Morgan fingerprint density at radius 2 is 1.90 bits per heavy atom. The minimum absolute atomic E-state index is 0.00338. The van der Waals surface area contributed by atoms with Crippen LogP contribution in [0.15, 0.2) is 11.6 Å². The van der Waals surface area contributed by atoms with Gasteiger partial charge in [0.15, 0.2) is 12.1 Å². The van der Waals surface area contributed by atoms with Crippen molar-refractivity contribution in [1.82, 2.24) is 0 Å². The third-order valence-corrected chi connectivity index (χ3v) is 7.02. The highest BCUT2D eigenvalue weighted by molar-refractivity contribution is 5.40. The first-order valence-corrected chi connectivity index (χ1v) is 7.38. The molecule has 118 valence electrons. The Kier molecular flexibility index (Phi) is 2.27. The minimum atomic E-state index is -1.87. The largest absolute Gasteiger partial charge is 0.388 e. The van der Waals surface area contributed by atoms with Gasteiger partial charge in [-0.15, -0.1) is 0 Å². The van der Waals surface area contributed by atoms with E-state index in [0.29, 0.717) is 6.42 Å². The van der Waals surface area contributed by atoms with Gasteiger partial charge in [0.2, 0.25) is 0 Å². The van der Waals surface area contributed by atoms with E-state index in [9.17, 15) is 20.4 Å². The van der Waals surface area contributed by atoms with Gasteiger partial charge in [0, 0.05) is 6.42 Å². The van der Waals surface area contributed by atoms with Crippen molar-refractivity contribution in [3.05, 3.63) is 11.6 Å². The van der Waals surface area contributed by atoms with E-state index in [-0.39, 0.29) is 13.0 Å². The normalized spacial score (nSPS) is 65.2. The summed E-state index contributed by atoms with van der Waals surface area (Å²) in [5, 5.41) is 44.3. The summed E-state index contributed by atoms with van der Waals surface area (Å²) in [6, 6.07) is 0. The lowest BCUT2D eigenvalue weighted by Crippen LogP contribution is -2.82. The summed E-state index contributed by atoms with van der Waals surface area (Å²) in [6.45, 7) is 5.02. The van der Waals surface area contributed by atoms with Crippen LogP contribution >= 0.6 is 0 Å². The van der Waals surface area contributed by atoms with Gasteiger partial charge in [-0.1, -0.05) is 18.6 Å². The third kappa shape index (κ3) is 1.08. The van der Waals surface area contributed by atoms with E-state index in [1.54, 1.807) is 6.92 Å². The highest BCUT2D eigenvalue weighted by Crippen LogP contribution is 2.72. The molecule has 1 unspecified atom stereocenters. The Bertz CT molecular complexity index is 556. The molecular weight excluding hydrogens is 276 g/mol. The van der Waals surface area contributed by atoms with E-state index in [0.717, 1.165) is 5.57 Å². The summed E-state index contributed by atoms with van der Waals surface area (Å²) < 4.78 is 11.1. The monoisotopic (exact) mass is 298 g/mol. The van der Waals surface area contributed by atoms with Crippen LogP contribution in [-0.4, -0.2) is 56.4 Å². The van der Waals surface area contributed by atoms with Crippen molar-refractivity contribution in [2.24, 2.45) is 10.8 Å². The van der Waals surface area contributed by atoms with Crippen LogP contribution in [-0.2, 0) is 9.47 Å². The molecule has 2 aliphatic carbocycles. The summed E-state index contributed by atoms with van der Waals surface area (Å²) in [6.07, 6.45) is 0.000648. The Morgan fingerprint density at radius 3 is 2.57 bits per heavy atom. The molecule has 0 aromatic rings. The quantitative estimate of drug-likeness (QED) is 0.456. The third-order valence-electron chi connectivity index (χ3n) is 7.02. The molecule has 3 aliphatic heterocycles. The lowest BCUT2D eigenvalue weighted by Gasteiger charge is -2.68. The van der Waals surface area contributed by atoms with Gasteiger partial charge in [-0.05, 0) is 20.3 Å². The standard InChI is InChI=1S/C15H22O6/c1-8-4-5-14(18)11(2)7-20-10-9(16)13(8,14)6-15(19,21-10)12(11,3)17/h4,9-10,16-19H,5-7H2,1-3H3/t9?,10-,11+,12+,13-,14-,15+/m0/s1. The molecule has 4 bridgehead atoms. The van der Waals surface area contributed by atoms with Crippen LogP contribution in [0.4, 0.5) is 0 Å². The molecule has 6 heteroatoms.